The molecular weight excluding hydrogens is 360 g/mol. The fourth-order valence-corrected chi connectivity index (χ4v) is 4.72. The van der Waals surface area contributed by atoms with E-state index in [0.717, 1.165) is 12.8 Å². The zero-order valence-electron chi connectivity index (χ0n) is 17.2. The van der Waals surface area contributed by atoms with Crippen LogP contribution in [-0.2, 0) is 23.8 Å². The smallest absolute Gasteiger partial charge is 0.334 e. The predicted octanol–water partition coefficient (Wildman–Crippen LogP) is 3.22. The molecule has 0 unspecified atom stereocenters. The number of aliphatic hydroxyl groups excluding tert-OH is 1. The summed E-state index contributed by atoms with van der Waals surface area (Å²) in [6.45, 7) is 13.2. The van der Waals surface area contributed by atoms with Crippen molar-refractivity contribution in [3.05, 3.63) is 24.3 Å². The van der Waals surface area contributed by atoms with E-state index in [1.807, 2.05) is 13.8 Å². The van der Waals surface area contributed by atoms with E-state index in [2.05, 4.69) is 13.2 Å². The van der Waals surface area contributed by atoms with Crippen LogP contribution < -0.4 is 0 Å². The number of carbonyl (C=O) groups excluding carboxylic acids is 2. The molecule has 28 heavy (non-hydrogen) atoms. The van der Waals surface area contributed by atoms with Crippen LogP contribution in [0.1, 0.15) is 65.7 Å². The lowest BCUT2D eigenvalue weighted by Crippen LogP contribution is -2.46. The van der Waals surface area contributed by atoms with Gasteiger partial charge >= 0.3 is 11.9 Å². The molecule has 0 radical (unpaired) electrons. The summed E-state index contributed by atoms with van der Waals surface area (Å²) in [5.41, 5.74) is -0.318. The minimum Gasteiger partial charge on any atom is -0.458 e. The molecule has 4 bridgehead atoms. The molecule has 6 heteroatoms. The largest absolute Gasteiger partial charge is 0.458 e. The van der Waals surface area contributed by atoms with Crippen molar-refractivity contribution in [1.29, 1.82) is 0 Å². The minimum absolute atomic E-state index is 0.205. The molecule has 0 saturated carbocycles. The third-order valence-electron chi connectivity index (χ3n) is 6.71. The molecule has 156 valence electrons. The van der Waals surface area contributed by atoms with E-state index in [1.54, 1.807) is 0 Å². The van der Waals surface area contributed by atoms with E-state index in [1.165, 1.54) is 6.92 Å². The van der Waals surface area contributed by atoms with Crippen molar-refractivity contribution in [1.82, 2.24) is 0 Å². The molecule has 3 rings (SSSR count). The normalized spacial score (nSPS) is 42.1. The topological polar surface area (TPSA) is 82.1 Å². The molecule has 1 N–H and O–H groups in total. The van der Waals surface area contributed by atoms with Gasteiger partial charge in [0.2, 0.25) is 0 Å². The van der Waals surface area contributed by atoms with Gasteiger partial charge in [0, 0.05) is 12.5 Å². The van der Waals surface area contributed by atoms with Crippen LogP contribution in [0.4, 0.5) is 0 Å². The first-order valence-electron chi connectivity index (χ1n) is 10.2. The van der Waals surface area contributed by atoms with Gasteiger partial charge in [-0.25, -0.2) is 4.79 Å². The predicted molar refractivity (Wildman–Crippen MR) is 103 cm³/mol. The molecule has 0 spiro atoms. The minimum atomic E-state index is -0.940. The summed E-state index contributed by atoms with van der Waals surface area (Å²) in [5, 5.41) is 10.7. The van der Waals surface area contributed by atoms with E-state index in [4.69, 9.17) is 14.2 Å². The van der Waals surface area contributed by atoms with E-state index in [9.17, 15) is 14.7 Å². The Morgan fingerprint density at radius 3 is 2.54 bits per heavy atom. The second-order valence-electron chi connectivity index (χ2n) is 9.02. The lowest BCUT2D eigenvalue weighted by Gasteiger charge is -2.37. The molecular formula is C22H32O6. The van der Waals surface area contributed by atoms with E-state index in [0.29, 0.717) is 43.3 Å². The monoisotopic (exact) mass is 392 g/mol. The Morgan fingerprint density at radius 1 is 1.18 bits per heavy atom. The Balaban J connectivity index is 1.97. The van der Waals surface area contributed by atoms with Crippen LogP contribution in [0.5, 0.6) is 0 Å². The molecule has 3 saturated heterocycles. The highest BCUT2D eigenvalue weighted by atomic mass is 16.6. The highest BCUT2D eigenvalue weighted by molar-refractivity contribution is 5.89. The molecule has 0 aliphatic carbocycles. The second-order valence-corrected chi connectivity index (χ2v) is 9.02. The quantitative estimate of drug-likeness (QED) is 0.419. The Kier molecular flexibility index (Phi) is 5.74. The number of esters is 2. The average molecular weight is 392 g/mol. The first-order valence-corrected chi connectivity index (χ1v) is 10.2. The maximum Gasteiger partial charge on any atom is 0.334 e. The van der Waals surface area contributed by atoms with Crippen molar-refractivity contribution >= 4 is 11.9 Å². The highest BCUT2D eigenvalue weighted by Crippen LogP contribution is 2.43. The molecule has 0 aromatic carbocycles. The van der Waals surface area contributed by atoms with Gasteiger partial charge in [0.05, 0.1) is 17.8 Å². The molecule has 0 aromatic heterocycles. The van der Waals surface area contributed by atoms with Gasteiger partial charge in [0.15, 0.2) is 0 Å². The average Bonchev–Trinajstić information content (AvgIpc) is 2.97. The van der Waals surface area contributed by atoms with Gasteiger partial charge in [-0.15, -0.1) is 0 Å². The van der Waals surface area contributed by atoms with Crippen molar-refractivity contribution in [3.63, 3.8) is 0 Å². The number of carbonyl (C=O) groups is 2. The van der Waals surface area contributed by atoms with Gasteiger partial charge in [0.25, 0.3) is 0 Å². The number of ether oxygens (including phenoxy) is 3. The first kappa shape index (κ1) is 21.1. The molecule has 6 atom stereocenters. The lowest BCUT2D eigenvalue weighted by atomic mass is 9.81. The maximum absolute atomic E-state index is 12.7. The summed E-state index contributed by atoms with van der Waals surface area (Å²) in [5.74, 6) is -1.10. The Hall–Kier alpha value is -1.66. The van der Waals surface area contributed by atoms with Crippen LogP contribution >= 0.6 is 0 Å². The molecule has 3 aliphatic rings. The Bertz CT molecular complexity index is 685. The second kappa shape index (κ2) is 7.64. The standard InChI is InChI=1S/C22H32O6/c1-13-16-6-11-22(5,28-20(13)25)19(26-15(3)23)8-10-21(4)9-7-18(27-21)14(2)17(24)12-16/h16-19,24H,1-2,6-12H2,3-5H3/t16-,17-,18-,19+,21+,22-/m0/s1. The van der Waals surface area contributed by atoms with Crippen molar-refractivity contribution < 1.29 is 28.9 Å². The summed E-state index contributed by atoms with van der Waals surface area (Å²) < 4.78 is 17.7. The summed E-state index contributed by atoms with van der Waals surface area (Å²) >= 11 is 0. The number of fused-ring (bicyclic) bond motifs is 5. The number of aliphatic hydroxyl groups is 1. The summed E-state index contributed by atoms with van der Waals surface area (Å²) in [4.78, 5) is 24.4. The van der Waals surface area contributed by atoms with Gasteiger partial charge in [-0.2, -0.15) is 0 Å². The molecule has 0 amide bonds. The van der Waals surface area contributed by atoms with E-state index >= 15 is 0 Å². The maximum atomic E-state index is 12.7. The third-order valence-corrected chi connectivity index (χ3v) is 6.71. The fourth-order valence-electron chi connectivity index (χ4n) is 4.72. The summed E-state index contributed by atoms with van der Waals surface area (Å²) in [7, 11) is 0. The molecule has 6 nitrogen and oxygen atoms in total. The van der Waals surface area contributed by atoms with Crippen LogP contribution in [0.15, 0.2) is 24.3 Å². The summed E-state index contributed by atoms with van der Waals surface area (Å²) in [6.07, 6.45) is 2.78. The van der Waals surface area contributed by atoms with Crippen molar-refractivity contribution in [2.75, 3.05) is 0 Å². The van der Waals surface area contributed by atoms with Crippen LogP contribution in [0.3, 0.4) is 0 Å². The van der Waals surface area contributed by atoms with Crippen molar-refractivity contribution in [2.24, 2.45) is 5.92 Å². The molecule has 3 fully saturated rings. The highest BCUT2D eigenvalue weighted by Gasteiger charge is 2.47. The van der Waals surface area contributed by atoms with Gasteiger partial charge in [-0.1, -0.05) is 13.2 Å². The summed E-state index contributed by atoms with van der Waals surface area (Å²) in [6, 6.07) is 0. The zero-order valence-corrected chi connectivity index (χ0v) is 17.2. The van der Waals surface area contributed by atoms with E-state index < -0.39 is 35.3 Å². The third kappa shape index (κ3) is 4.18. The number of hydrogen-bond donors (Lipinski definition) is 1. The van der Waals surface area contributed by atoms with Gasteiger partial charge in [0.1, 0.15) is 11.7 Å². The molecule has 3 heterocycles. The van der Waals surface area contributed by atoms with Crippen LogP contribution in [0, 0.1) is 5.92 Å². The first-order chi connectivity index (χ1) is 13.0. The Morgan fingerprint density at radius 2 is 1.86 bits per heavy atom. The SMILES string of the molecule is C=C1C(=O)O[C@@]2(C)CC[C@H]1C[C@H](O)C(=C)[C@@H]1CC[C@](C)(CC[C@H]2OC(C)=O)O1. The Labute approximate surface area is 166 Å². The lowest BCUT2D eigenvalue weighted by molar-refractivity contribution is -0.182. The molecule has 3 aliphatic heterocycles. The van der Waals surface area contributed by atoms with Gasteiger partial charge in [-0.3, -0.25) is 4.79 Å². The van der Waals surface area contributed by atoms with E-state index in [-0.39, 0.29) is 12.0 Å². The number of hydrogen-bond acceptors (Lipinski definition) is 6. The van der Waals surface area contributed by atoms with Crippen LogP contribution in [-0.4, -0.2) is 46.6 Å². The molecule has 0 aromatic rings. The van der Waals surface area contributed by atoms with Crippen LogP contribution in [0.2, 0.25) is 0 Å². The number of rotatable bonds is 1. The van der Waals surface area contributed by atoms with Crippen molar-refractivity contribution in [3.8, 4) is 0 Å². The zero-order chi connectivity index (χ0) is 20.7. The van der Waals surface area contributed by atoms with Gasteiger partial charge in [-0.05, 0) is 70.3 Å². The van der Waals surface area contributed by atoms with Crippen LogP contribution in [0.25, 0.3) is 0 Å². The van der Waals surface area contributed by atoms with Gasteiger partial charge < -0.3 is 19.3 Å². The van der Waals surface area contributed by atoms with Crippen molar-refractivity contribution in [2.45, 2.75) is 95.2 Å². The fraction of sp³-hybridized carbons (Fsp3) is 0.727.